The summed E-state index contributed by atoms with van der Waals surface area (Å²) in [5.41, 5.74) is 5.92. The van der Waals surface area contributed by atoms with Gasteiger partial charge in [-0.3, -0.25) is 9.59 Å². The third-order valence-corrected chi connectivity index (χ3v) is 7.03. The van der Waals surface area contributed by atoms with Gasteiger partial charge in [-0.2, -0.15) is 0 Å². The number of carbonyl (C=O) groups excluding carboxylic acids is 2. The van der Waals surface area contributed by atoms with E-state index in [0.29, 0.717) is 54.9 Å². The van der Waals surface area contributed by atoms with E-state index in [1.54, 1.807) is 0 Å². The monoisotopic (exact) mass is 432 g/mol. The molecule has 6 heteroatoms. The molecule has 0 saturated carbocycles. The van der Waals surface area contributed by atoms with Crippen molar-refractivity contribution >= 4 is 22.7 Å². The summed E-state index contributed by atoms with van der Waals surface area (Å²) in [6, 6.07) is 7.98. The van der Waals surface area contributed by atoms with Crippen molar-refractivity contribution in [1.29, 1.82) is 0 Å². The normalized spacial score (nSPS) is 17.5. The highest BCUT2D eigenvalue weighted by Crippen LogP contribution is 2.41. The quantitative estimate of drug-likeness (QED) is 0.590. The van der Waals surface area contributed by atoms with Crippen LogP contribution in [-0.4, -0.2) is 40.4 Å². The van der Waals surface area contributed by atoms with Gasteiger partial charge in [0.1, 0.15) is 17.0 Å². The molecule has 0 radical (unpaired) electrons. The third kappa shape index (κ3) is 3.48. The van der Waals surface area contributed by atoms with Crippen LogP contribution in [0.4, 0.5) is 0 Å². The average Bonchev–Trinajstić information content (AvgIpc) is 3.11. The number of likely N-dealkylation sites (tertiary alicyclic amines) is 1. The number of hydrogen-bond donors (Lipinski definition) is 0. The number of aryl methyl sites for hydroxylation is 4. The Balaban J connectivity index is 1.29. The molecule has 166 valence electrons. The number of benzene rings is 2. The van der Waals surface area contributed by atoms with Crippen molar-refractivity contribution in [1.82, 2.24) is 10.1 Å². The zero-order valence-corrected chi connectivity index (χ0v) is 19.1. The zero-order chi connectivity index (χ0) is 22.6. The number of hydrogen-bond acceptors (Lipinski definition) is 5. The molecule has 0 atom stereocenters. The van der Waals surface area contributed by atoms with E-state index in [0.717, 1.165) is 27.6 Å². The van der Waals surface area contributed by atoms with Crippen molar-refractivity contribution < 1.29 is 18.8 Å². The first-order valence-corrected chi connectivity index (χ1v) is 11.2. The van der Waals surface area contributed by atoms with Crippen molar-refractivity contribution in [3.05, 3.63) is 57.8 Å². The molecule has 0 aliphatic carbocycles. The van der Waals surface area contributed by atoms with Gasteiger partial charge in [-0.25, -0.2) is 0 Å². The summed E-state index contributed by atoms with van der Waals surface area (Å²) in [6.07, 6.45) is 1.88. The van der Waals surface area contributed by atoms with Crippen molar-refractivity contribution in [2.75, 3.05) is 13.1 Å². The first-order valence-electron chi connectivity index (χ1n) is 11.2. The maximum atomic E-state index is 13.0. The highest BCUT2D eigenvalue weighted by molar-refractivity contribution is 6.01. The van der Waals surface area contributed by atoms with Crippen molar-refractivity contribution in [2.24, 2.45) is 0 Å². The Hall–Kier alpha value is -3.15. The SMILES string of the molecule is Cc1cc(C)c2c(c1)C(=O)CC1(CCN(C(=O)Cc3noc4cc(C)c(C)cc34)CC1)O2. The van der Waals surface area contributed by atoms with Gasteiger partial charge in [-0.1, -0.05) is 11.2 Å². The van der Waals surface area contributed by atoms with E-state index < -0.39 is 5.60 Å². The summed E-state index contributed by atoms with van der Waals surface area (Å²) in [4.78, 5) is 27.8. The number of amides is 1. The molecule has 1 aromatic heterocycles. The smallest absolute Gasteiger partial charge is 0.228 e. The highest BCUT2D eigenvalue weighted by atomic mass is 16.5. The Morgan fingerprint density at radius 3 is 2.50 bits per heavy atom. The molecular formula is C26H28N2O4. The van der Waals surface area contributed by atoms with Gasteiger partial charge in [0.15, 0.2) is 11.4 Å². The Bertz CT molecular complexity index is 1250. The van der Waals surface area contributed by atoms with Crippen LogP contribution in [0.15, 0.2) is 28.8 Å². The van der Waals surface area contributed by atoms with Crippen LogP contribution >= 0.6 is 0 Å². The Morgan fingerprint density at radius 2 is 1.75 bits per heavy atom. The van der Waals surface area contributed by atoms with Gasteiger partial charge >= 0.3 is 0 Å². The van der Waals surface area contributed by atoms with E-state index >= 15 is 0 Å². The van der Waals surface area contributed by atoms with Gasteiger partial charge in [0.25, 0.3) is 0 Å². The first kappa shape index (κ1) is 20.7. The van der Waals surface area contributed by atoms with Crippen LogP contribution in [0.25, 0.3) is 11.0 Å². The second kappa shape index (κ2) is 7.47. The van der Waals surface area contributed by atoms with E-state index in [-0.39, 0.29) is 18.1 Å². The molecule has 0 bridgehead atoms. The summed E-state index contributed by atoms with van der Waals surface area (Å²) in [5.74, 6) is 0.881. The summed E-state index contributed by atoms with van der Waals surface area (Å²) in [5, 5.41) is 5.06. The summed E-state index contributed by atoms with van der Waals surface area (Å²) < 4.78 is 11.9. The van der Waals surface area contributed by atoms with Crippen LogP contribution in [0, 0.1) is 27.7 Å². The summed E-state index contributed by atoms with van der Waals surface area (Å²) in [7, 11) is 0. The molecule has 3 heterocycles. The third-order valence-electron chi connectivity index (χ3n) is 7.03. The molecule has 6 nitrogen and oxygen atoms in total. The van der Waals surface area contributed by atoms with Crippen LogP contribution in [-0.2, 0) is 11.2 Å². The first-order chi connectivity index (χ1) is 15.2. The number of ether oxygens (including phenoxy) is 1. The van der Waals surface area contributed by atoms with Gasteiger partial charge in [0.05, 0.1) is 18.4 Å². The maximum absolute atomic E-state index is 13.0. The van der Waals surface area contributed by atoms with Gasteiger partial charge in [-0.05, 0) is 68.1 Å². The predicted octanol–water partition coefficient (Wildman–Crippen LogP) is 4.63. The minimum absolute atomic E-state index is 0.0302. The fraction of sp³-hybridized carbons (Fsp3) is 0.423. The molecule has 32 heavy (non-hydrogen) atoms. The van der Waals surface area contributed by atoms with Gasteiger partial charge in [0, 0.05) is 31.3 Å². The number of fused-ring (bicyclic) bond motifs is 2. The van der Waals surface area contributed by atoms with E-state index in [2.05, 4.69) is 11.2 Å². The molecule has 2 aromatic carbocycles. The second-order valence-electron chi connectivity index (χ2n) is 9.46. The minimum atomic E-state index is -0.518. The molecular weight excluding hydrogens is 404 g/mol. The molecule has 5 rings (SSSR count). The number of aromatic nitrogens is 1. The maximum Gasteiger partial charge on any atom is 0.228 e. The van der Waals surface area contributed by atoms with Gasteiger partial charge in [-0.15, -0.1) is 0 Å². The fourth-order valence-corrected chi connectivity index (χ4v) is 5.01. The van der Waals surface area contributed by atoms with Crippen LogP contribution < -0.4 is 4.74 Å². The van der Waals surface area contributed by atoms with Crippen molar-refractivity contribution in [2.45, 2.75) is 59.0 Å². The van der Waals surface area contributed by atoms with Crippen molar-refractivity contribution in [3.63, 3.8) is 0 Å². The van der Waals surface area contributed by atoms with E-state index in [1.165, 1.54) is 0 Å². The molecule has 1 fully saturated rings. The standard InChI is InChI=1S/C26H28N2O4/c1-15-9-18(4)25-20(10-15)22(29)14-26(31-25)5-7-28(8-6-26)24(30)13-21-19-11-16(2)17(3)12-23(19)32-27-21/h9-12H,5-8,13-14H2,1-4H3. The average molecular weight is 433 g/mol. The van der Waals surface area contributed by atoms with Gasteiger partial charge < -0.3 is 14.2 Å². The lowest BCUT2D eigenvalue weighted by atomic mass is 9.81. The second-order valence-corrected chi connectivity index (χ2v) is 9.46. The van der Waals surface area contributed by atoms with Crippen LogP contribution in [0.3, 0.4) is 0 Å². The minimum Gasteiger partial charge on any atom is -0.486 e. The van der Waals surface area contributed by atoms with E-state index in [4.69, 9.17) is 9.26 Å². The number of ketones is 1. The van der Waals surface area contributed by atoms with Gasteiger partial charge in [0.2, 0.25) is 5.91 Å². The predicted molar refractivity (Wildman–Crippen MR) is 121 cm³/mol. The summed E-state index contributed by atoms with van der Waals surface area (Å²) >= 11 is 0. The number of piperidine rings is 1. The molecule has 2 aliphatic heterocycles. The molecule has 1 saturated heterocycles. The largest absolute Gasteiger partial charge is 0.486 e. The van der Waals surface area contributed by atoms with E-state index in [1.807, 2.05) is 50.8 Å². The number of carbonyl (C=O) groups is 2. The van der Waals surface area contributed by atoms with Crippen LogP contribution in [0.5, 0.6) is 5.75 Å². The lowest BCUT2D eigenvalue weighted by molar-refractivity contribution is -0.134. The van der Waals surface area contributed by atoms with Crippen LogP contribution in [0.2, 0.25) is 0 Å². The lowest BCUT2D eigenvalue weighted by Crippen LogP contribution is -2.52. The molecule has 1 amide bonds. The Labute approximate surface area is 187 Å². The highest BCUT2D eigenvalue weighted by Gasteiger charge is 2.44. The lowest BCUT2D eigenvalue weighted by Gasteiger charge is -2.44. The van der Waals surface area contributed by atoms with E-state index in [9.17, 15) is 9.59 Å². The Morgan fingerprint density at radius 1 is 1.03 bits per heavy atom. The number of rotatable bonds is 2. The topological polar surface area (TPSA) is 72.6 Å². The number of Topliss-reactive ketones (excluding diaryl/α,β-unsaturated/α-hetero) is 1. The molecule has 2 aliphatic rings. The zero-order valence-electron chi connectivity index (χ0n) is 19.1. The van der Waals surface area contributed by atoms with Crippen LogP contribution in [0.1, 0.15) is 57.6 Å². The fourth-order valence-electron chi connectivity index (χ4n) is 5.01. The molecule has 3 aromatic rings. The molecule has 1 spiro atoms. The Kier molecular flexibility index (Phi) is 4.84. The number of nitrogens with zero attached hydrogens (tertiary/aromatic N) is 2. The summed E-state index contributed by atoms with van der Waals surface area (Å²) in [6.45, 7) is 9.20. The molecule has 0 N–H and O–H groups in total. The molecule has 0 unspecified atom stereocenters. The van der Waals surface area contributed by atoms with Crippen molar-refractivity contribution in [3.8, 4) is 5.75 Å².